The molecule has 2 aromatic carbocycles. The molecule has 5 nitrogen and oxygen atoms in total. The summed E-state index contributed by atoms with van der Waals surface area (Å²) >= 11 is 0. The van der Waals surface area contributed by atoms with Gasteiger partial charge in [-0.3, -0.25) is 4.79 Å². The van der Waals surface area contributed by atoms with Crippen LogP contribution in [-0.4, -0.2) is 31.2 Å². The van der Waals surface area contributed by atoms with Crippen molar-refractivity contribution in [2.45, 2.75) is 44.0 Å². The van der Waals surface area contributed by atoms with E-state index in [-0.39, 0.29) is 17.3 Å². The van der Waals surface area contributed by atoms with E-state index >= 15 is 0 Å². The molecule has 1 amide bonds. The van der Waals surface area contributed by atoms with Crippen LogP contribution in [0, 0.1) is 19.7 Å². The van der Waals surface area contributed by atoms with Crippen LogP contribution in [0.25, 0.3) is 0 Å². The van der Waals surface area contributed by atoms with Crippen molar-refractivity contribution >= 4 is 21.6 Å². The number of nitrogens with zero attached hydrogens (tertiary/aromatic N) is 1. The maximum absolute atomic E-state index is 13.2. The van der Waals surface area contributed by atoms with Crippen LogP contribution in [0.3, 0.4) is 0 Å². The van der Waals surface area contributed by atoms with Gasteiger partial charge in [-0.15, -0.1) is 0 Å². The summed E-state index contributed by atoms with van der Waals surface area (Å²) in [7, 11) is -3.88. The van der Waals surface area contributed by atoms with Crippen LogP contribution < -0.4 is 5.32 Å². The van der Waals surface area contributed by atoms with Crippen LogP contribution in [0.4, 0.5) is 10.1 Å². The number of hydrogen-bond donors (Lipinski definition) is 1. The van der Waals surface area contributed by atoms with Crippen molar-refractivity contribution in [2.24, 2.45) is 0 Å². The molecule has 0 radical (unpaired) electrons. The van der Waals surface area contributed by atoms with Crippen LogP contribution in [0.5, 0.6) is 0 Å². The van der Waals surface area contributed by atoms with Gasteiger partial charge >= 0.3 is 0 Å². The number of aryl methyl sites for hydroxylation is 2. The molecule has 0 unspecified atom stereocenters. The first-order valence-electron chi connectivity index (χ1n) is 8.94. The third kappa shape index (κ3) is 4.36. The first-order valence-corrected chi connectivity index (χ1v) is 10.4. The Labute approximate surface area is 159 Å². The molecule has 0 saturated carbocycles. The molecule has 7 heteroatoms. The van der Waals surface area contributed by atoms with Gasteiger partial charge in [0, 0.05) is 12.2 Å². The minimum absolute atomic E-state index is 0.00463. The summed E-state index contributed by atoms with van der Waals surface area (Å²) < 4.78 is 40.4. The molecule has 0 aromatic heterocycles. The number of hydrogen-bond acceptors (Lipinski definition) is 3. The minimum atomic E-state index is -3.88. The van der Waals surface area contributed by atoms with Gasteiger partial charge in [-0.05, 0) is 74.2 Å². The summed E-state index contributed by atoms with van der Waals surface area (Å²) in [5, 5.41) is 2.85. The molecule has 1 aliphatic rings. The van der Waals surface area contributed by atoms with Gasteiger partial charge in [0.15, 0.2) is 0 Å². The molecule has 1 N–H and O–H groups in total. The third-order valence-electron chi connectivity index (χ3n) is 4.67. The number of piperidine rings is 1. The Morgan fingerprint density at radius 3 is 2.33 bits per heavy atom. The van der Waals surface area contributed by atoms with E-state index in [9.17, 15) is 17.6 Å². The van der Waals surface area contributed by atoms with E-state index in [1.54, 1.807) is 0 Å². The van der Waals surface area contributed by atoms with Crippen molar-refractivity contribution < 1.29 is 17.6 Å². The molecular formula is C20H23FN2O3S. The summed E-state index contributed by atoms with van der Waals surface area (Å²) in [5.74, 6) is -0.845. The molecule has 1 fully saturated rings. The maximum Gasteiger partial charge on any atom is 0.243 e. The lowest BCUT2D eigenvalue weighted by Crippen LogP contribution is -2.49. The number of sulfonamides is 1. The Hall–Kier alpha value is -2.25. The zero-order valence-corrected chi connectivity index (χ0v) is 16.2. The fraction of sp³-hybridized carbons (Fsp3) is 0.350. The molecule has 0 bridgehead atoms. The highest BCUT2D eigenvalue weighted by molar-refractivity contribution is 7.89. The Morgan fingerprint density at radius 2 is 1.70 bits per heavy atom. The van der Waals surface area contributed by atoms with E-state index in [1.807, 2.05) is 32.0 Å². The molecule has 1 aliphatic heterocycles. The largest absolute Gasteiger partial charge is 0.325 e. The van der Waals surface area contributed by atoms with Gasteiger partial charge < -0.3 is 5.32 Å². The van der Waals surface area contributed by atoms with Gasteiger partial charge in [0.1, 0.15) is 11.9 Å². The number of carbonyl (C=O) groups is 1. The zero-order valence-electron chi connectivity index (χ0n) is 15.4. The van der Waals surface area contributed by atoms with E-state index in [4.69, 9.17) is 0 Å². The number of benzene rings is 2. The fourth-order valence-corrected chi connectivity index (χ4v) is 5.13. The molecule has 1 heterocycles. The standard InChI is InChI=1S/C20H23FN2O3S/c1-14-11-15(2)13-17(12-14)22-20(24)19-5-3-4-10-23(19)27(25,26)18-8-6-16(21)7-9-18/h6-9,11-13,19H,3-5,10H2,1-2H3,(H,22,24)/t19-/m0/s1. The van der Waals surface area contributed by atoms with Crippen molar-refractivity contribution in [1.29, 1.82) is 0 Å². The first-order chi connectivity index (χ1) is 12.8. The highest BCUT2D eigenvalue weighted by Gasteiger charge is 2.37. The number of carbonyl (C=O) groups excluding carboxylic acids is 1. The van der Waals surface area contributed by atoms with Crippen molar-refractivity contribution in [3.63, 3.8) is 0 Å². The van der Waals surface area contributed by atoms with Gasteiger partial charge in [0.05, 0.1) is 4.90 Å². The van der Waals surface area contributed by atoms with Gasteiger partial charge in [0.2, 0.25) is 15.9 Å². The summed E-state index contributed by atoms with van der Waals surface area (Å²) in [4.78, 5) is 12.9. The second-order valence-electron chi connectivity index (χ2n) is 6.95. The molecule has 3 rings (SSSR count). The smallest absolute Gasteiger partial charge is 0.243 e. The third-order valence-corrected chi connectivity index (χ3v) is 6.59. The quantitative estimate of drug-likeness (QED) is 0.867. The lowest BCUT2D eigenvalue weighted by Gasteiger charge is -2.33. The van der Waals surface area contributed by atoms with Gasteiger partial charge in [0.25, 0.3) is 0 Å². The average Bonchev–Trinajstić information content (AvgIpc) is 2.61. The van der Waals surface area contributed by atoms with Crippen molar-refractivity contribution in [3.8, 4) is 0 Å². The van der Waals surface area contributed by atoms with E-state index in [0.717, 1.165) is 29.7 Å². The lowest BCUT2D eigenvalue weighted by atomic mass is 10.0. The van der Waals surface area contributed by atoms with E-state index in [1.165, 1.54) is 16.4 Å². The van der Waals surface area contributed by atoms with Crippen LogP contribution in [-0.2, 0) is 14.8 Å². The summed E-state index contributed by atoms with van der Waals surface area (Å²) in [6.07, 6.45) is 1.92. The van der Waals surface area contributed by atoms with Crippen LogP contribution in [0.1, 0.15) is 30.4 Å². The zero-order chi connectivity index (χ0) is 19.6. The Morgan fingerprint density at radius 1 is 1.07 bits per heavy atom. The number of nitrogens with one attached hydrogen (secondary N) is 1. The van der Waals surface area contributed by atoms with E-state index in [2.05, 4.69) is 5.32 Å². The topological polar surface area (TPSA) is 66.5 Å². The molecule has 1 saturated heterocycles. The van der Waals surface area contributed by atoms with Crippen molar-refractivity contribution in [2.75, 3.05) is 11.9 Å². The van der Waals surface area contributed by atoms with Gasteiger partial charge in [-0.2, -0.15) is 4.31 Å². The van der Waals surface area contributed by atoms with Gasteiger partial charge in [-0.1, -0.05) is 12.5 Å². The Kier molecular flexibility index (Phi) is 5.62. The summed E-state index contributed by atoms with van der Waals surface area (Å²) in [6.45, 7) is 4.15. The maximum atomic E-state index is 13.2. The van der Waals surface area contributed by atoms with Crippen LogP contribution in [0.2, 0.25) is 0 Å². The Bertz CT molecular complexity index is 922. The monoisotopic (exact) mass is 390 g/mol. The number of anilines is 1. The van der Waals surface area contributed by atoms with Gasteiger partial charge in [-0.25, -0.2) is 12.8 Å². The summed E-state index contributed by atoms with van der Waals surface area (Å²) in [6, 6.07) is 9.62. The summed E-state index contributed by atoms with van der Waals surface area (Å²) in [5.41, 5.74) is 2.69. The molecule has 0 aliphatic carbocycles. The molecule has 144 valence electrons. The highest BCUT2D eigenvalue weighted by Crippen LogP contribution is 2.27. The number of halogens is 1. The van der Waals surface area contributed by atoms with Crippen molar-refractivity contribution in [1.82, 2.24) is 4.31 Å². The van der Waals surface area contributed by atoms with Crippen LogP contribution in [0.15, 0.2) is 47.4 Å². The second kappa shape index (κ2) is 7.78. The molecule has 1 atom stereocenters. The number of amides is 1. The Balaban J connectivity index is 1.86. The molecule has 27 heavy (non-hydrogen) atoms. The first kappa shape index (κ1) is 19.5. The van der Waals surface area contributed by atoms with Crippen molar-refractivity contribution in [3.05, 3.63) is 59.4 Å². The minimum Gasteiger partial charge on any atom is -0.325 e. The van der Waals surface area contributed by atoms with E-state index < -0.39 is 21.9 Å². The molecule has 2 aromatic rings. The SMILES string of the molecule is Cc1cc(C)cc(NC(=O)[C@@H]2CCCCN2S(=O)(=O)c2ccc(F)cc2)c1. The fourth-order valence-electron chi connectivity index (χ4n) is 3.47. The highest BCUT2D eigenvalue weighted by atomic mass is 32.2. The number of rotatable bonds is 4. The lowest BCUT2D eigenvalue weighted by molar-refractivity contribution is -0.120. The normalized spacial score (nSPS) is 18.3. The predicted octanol–water partition coefficient (Wildman–Crippen LogP) is 3.62. The van der Waals surface area contributed by atoms with Crippen LogP contribution >= 0.6 is 0 Å². The molecular weight excluding hydrogens is 367 g/mol. The second-order valence-corrected chi connectivity index (χ2v) is 8.84. The molecule has 0 spiro atoms. The average molecular weight is 390 g/mol. The predicted molar refractivity (Wildman–Crippen MR) is 102 cm³/mol. The van der Waals surface area contributed by atoms with E-state index in [0.29, 0.717) is 18.5 Å².